The van der Waals surface area contributed by atoms with Crippen LogP contribution in [0.1, 0.15) is 20.7 Å². The first-order valence-corrected chi connectivity index (χ1v) is 6.62. The zero-order valence-corrected chi connectivity index (χ0v) is 10.6. The number of carbonyl (C=O) groups excluding carboxylic acids is 1. The van der Waals surface area contributed by atoms with E-state index in [-0.39, 0.29) is 5.39 Å². The highest BCUT2D eigenvalue weighted by Crippen LogP contribution is 2.24. The Hall–Kier alpha value is -2.45. The van der Waals surface area contributed by atoms with Gasteiger partial charge in [-0.15, -0.1) is 0 Å². The summed E-state index contributed by atoms with van der Waals surface area (Å²) in [5.41, 5.74) is -0.856. The summed E-state index contributed by atoms with van der Waals surface area (Å²) in [6.45, 7) is 0. The van der Waals surface area contributed by atoms with E-state index in [1.807, 2.05) is 0 Å². The lowest BCUT2D eigenvalue weighted by Gasteiger charge is -2.08. The monoisotopic (exact) mass is 296 g/mol. The van der Waals surface area contributed by atoms with E-state index >= 15 is 0 Å². The van der Waals surface area contributed by atoms with Gasteiger partial charge in [0.25, 0.3) is 0 Å². The van der Waals surface area contributed by atoms with Crippen LogP contribution in [0.5, 0.6) is 0 Å². The normalized spacial score (nSPS) is 11.2. The van der Waals surface area contributed by atoms with E-state index in [0.29, 0.717) is 5.39 Å². The van der Waals surface area contributed by atoms with Gasteiger partial charge in [-0.3, -0.25) is 4.55 Å². The molecule has 2 aromatic rings. The number of carboxylic acids is 1. The van der Waals surface area contributed by atoms with Crippen LogP contribution in [-0.4, -0.2) is 30.0 Å². The van der Waals surface area contributed by atoms with E-state index in [2.05, 4.69) is 4.18 Å². The molecule has 20 heavy (non-hydrogen) atoms. The van der Waals surface area contributed by atoms with Crippen LogP contribution >= 0.6 is 0 Å². The third kappa shape index (κ3) is 2.76. The van der Waals surface area contributed by atoms with Crippen LogP contribution in [0, 0.1) is 0 Å². The molecule has 0 heterocycles. The van der Waals surface area contributed by atoms with Crippen molar-refractivity contribution in [2.24, 2.45) is 0 Å². The van der Waals surface area contributed by atoms with Gasteiger partial charge in [0.2, 0.25) is 0 Å². The van der Waals surface area contributed by atoms with E-state index in [1.165, 1.54) is 12.1 Å². The molecule has 2 rings (SSSR count). The number of hydrogen-bond donors (Lipinski definition) is 2. The van der Waals surface area contributed by atoms with Crippen molar-refractivity contribution < 1.29 is 31.8 Å². The Balaban J connectivity index is 2.73. The van der Waals surface area contributed by atoms with Crippen molar-refractivity contribution in [3.8, 4) is 0 Å². The first-order valence-electron chi connectivity index (χ1n) is 5.26. The molecule has 0 atom stereocenters. The van der Waals surface area contributed by atoms with Gasteiger partial charge in [0, 0.05) is 0 Å². The van der Waals surface area contributed by atoms with Crippen LogP contribution in [0.3, 0.4) is 0 Å². The lowest BCUT2D eigenvalue weighted by Crippen LogP contribution is -2.16. The lowest BCUT2D eigenvalue weighted by atomic mass is 9.99. The molecule has 0 aromatic heterocycles. The Morgan fingerprint density at radius 2 is 1.70 bits per heavy atom. The minimum Gasteiger partial charge on any atom is -0.478 e. The number of hydrogen-bond acceptors (Lipinski definition) is 5. The van der Waals surface area contributed by atoms with Crippen LogP contribution < -0.4 is 0 Å². The molecule has 0 amide bonds. The van der Waals surface area contributed by atoms with Gasteiger partial charge < -0.3 is 9.29 Å². The van der Waals surface area contributed by atoms with Gasteiger partial charge in [-0.2, -0.15) is 8.42 Å². The Morgan fingerprint density at radius 3 is 2.30 bits per heavy atom. The number of benzene rings is 2. The SMILES string of the molecule is O=C(O)c1ccc2ccccc2c1C(=O)OS(=O)(=O)O. The summed E-state index contributed by atoms with van der Waals surface area (Å²) in [6.07, 6.45) is 0. The molecular formula is C12H8O7S. The molecule has 0 aliphatic rings. The summed E-state index contributed by atoms with van der Waals surface area (Å²) in [5, 5.41) is 9.79. The molecule has 0 aliphatic heterocycles. The second-order valence-electron chi connectivity index (χ2n) is 3.81. The fourth-order valence-corrected chi connectivity index (χ4v) is 2.08. The molecule has 2 aromatic carbocycles. The molecule has 104 valence electrons. The predicted molar refractivity (Wildman–Crippen MR) is 67.9 cm³/mol. The van der Waals surface area contributed by atoms with Crippen molar-refractivity contribution in [3.63, 3.8) is 0 Å². The summed E-state index contributed by atoms with van der Waals surface area (Å²) >= 11 is 0. The highest BCUT2D eigenvalue weighted by molar-refractivity contribution is 7.81. The molecule has 0 unspecified atom stereocenters. The van der Waals surface area contributed by atoms with Gasteiger partial charge in [-0.25, -0.2) is 9.59 Å². The molecule has 7 nitrogen and oxygen atoms in total. The van der Waals surface area contributed by atoms with E-state index in [1.54, 1.807) is 18.2 Å². The van der Waals surface area contributed by atoms with Gasteiger partial charge in [0.15, 0.2) is 0 Å². The third-order valence-electron chi connectivity index (χ3n) is 2.54. The minimum atomic E-state index is -5.03. The van der Waals surface area contributed by atoms with Gasteiger partial charge in [-0.1, -0.05) is 30.3 Å². The van der Waals surface area contributed by atoms with E-state index in [4.69, 9.17) is 9.66 Å². The van der Waals surface area contributed by atoms with Crippen LogP contribution in [0.4, 0.5) is 0 Å². The minimum absolute atomic E-state index is 0.209. The second kappa shape index (κ2) is 4.91. The van der Waals surface area contributed by atoms with Crippen molar-refractivity contribution in [1.82, 2.24) is 0 Å². The summed E-state index contributed by atoms with van der Waals surface area (Å²) in [5.74, 6) is -2.88. The van der Waals surface area contributed by atoms with Crippen LogP contribution in [0.15, 0.2) is 36.4 Å². The molecule has 8 heteroatoms. The van der Waals surface area contributed by atoms with Gasteiger partial charge in [-0.05, 0) is 16.8 Å². The van der Waals surface area contributed by atoms with Gasteiger partial charge in [0.1, 0.15) is 0 Å². The molecule has 0 saturated carbocycles. The summed E-state index contributed by atoms with van der Waals surface area (Å²) < 4.78 is 33.6. The molecule has 0 saturated heterocycles. The highest BCUT2D eigenvalue weighted by Gasteiger charge is 2.24. The Bertz CT molecular complexity index is 808. The zero-order chi connectivity index (χ0) is 14.9. The smallest absolute Gasteiger partial charge is 0.449 e. The maximum Gasteiger partial charge on any atom is 0.449 e. The summed E-state index contributed by atoms with van der Waals surface area (Å²) in [6, 6.07) is 8.92. The molecule has 0 bridgehead atoms. The first kappa shape index (κ1) is 14.0. The maximum absolute atomic E-state index is 11.8. The van der Waals surface area contributed by atoms with E-state index in [9.17, 15) is 18.0 Å². The lowest BCUT2D eigenvalue weighted by molar-refractivity contribution is 0.0665. The molecule has 0 radical (unpaired) electrons. The molecule has 0 spiro atoms. The standard InChI is InChI=1S/C12H8O7S/c13-11(14)9-6-5-7-3-1-2-4-8(7)10(9)12(15)19-20(16,17)18/h1-6H,(H,13,14)(H,16,17,18). The van der Waals surface area contributed by atoms with Gasteiger partial charge >= 0.3 is 22.3 Å². The Labute approximate surface area is 113 Å². The van der Waals surface area contributed by atoms with E-state index in [0.717, 1.165) is 6.07 Å². The number of rotatable bonds is 3. The topological polar surface area (TPSA) is 118 Å². The molecule has 0 aliphatic carbocycles. The number of aromatic carboxylic acids is 1. The number of carboxylic acid groups (broad SMARTS) is 1. The van der Waals surface area contributed by atoms with Crippen LogP contribution in [0.2, 0.25) is 0 Å². The Kier molecular flexibility index (Phi) is 3.43. The average Bonchev–Trinajstić information content (AvgIpc) is 2.35. The summed E-state index contributed by atoms with van der Waals surface area (Å²) in [7, 11) is -5.03. The number of carbonyl (C=O) groups is 2. The number of fused-ring (bicyclic) bond motifs is 1. The predicted octanol–water partition coefficient (Wildman–Crippen LogP) is 1.50. The largest absolute Gasteiger partial charge is 0.478 e. The fourth-order valence-electron chi connectivity index (χ4n) is 1.81. The van der Waals surface area contributed by atoms with Crippen molar-refractivity contribution in [2.75, 3.05) is 0 Å². The van der Waals surface area contributed by atoms with Crippen molar-refractivity contribution in [3.05, 3.63) is 47.5 Å². The van der Waals surface area contributed by atoms with E-state index < -0.39 is 33.5 Å². The highest BCUT2D eigenvalue weighted by atomic mass is 32.3. The fraction of sp³-hybridized carbons (Fsp3) is 0. The van der Waals surface area contributed by atoms with Crippen LogP contribution in [-0.2, 0) is 14.6 Å². The Morgan fingerprint density at radius 1 is 1.05 bits per heavy atom. The molecular weight excluding hydrogens is 288 g/mol. The van der Waals surface area contributed by atoms with Gasteiger partial charge in [0.05, 0.1) is 11.1 Å². The third-order valence-corrected chi connectivity index (χ3v) is 2.91. The average molecular weight is 296 g/mol. The molecule has 2 N–H and O–H groups in total. The molecule has 0 fully saturated rings. The summed E-state index contributed by atoms with van der Waals surface area (Å²) in [4.78, 5) is 22.9. The quantitative estimate of drug-likeness (QED) is 0.824. The maximum atomic E-state index is 11.8. The van der Waals surface area contributed by atoms with Crippen molar-refractivity contribution in [2.45, 2.75) is 0 Å². The van der Waals surface area contributed by atoms with Crippen LogP contribution in [0.25, 0.3) is 10.8 Å². The first-order chi connectivity index (χ1) is 9.29. The van der Waals surface area contributed by atoms with Crippen molar-refractivity contribution >= 4 is 33.1 Å². The second-order valence-corrected chi connectivity index (χ2v) is 4.84. The zero-order valence-electron chi connectivity index (χ0n) is 9.81. The van der Waals surface area contributed by atoms with Crippen molar-refractivity contribution in [1.29, 1.82) is 0 Å².